The normalized spacial score (nSPS) is 13.3. The summed E-state index contributed by atoms with van der Waals surface area (Å²) in [5.74, 6) is -0.732. The molecule has 0 unspecified atom stereocenters. The molecule has 0 fully saturated rings. The van der Waals surface area contributed by atoms with Gasteiger partial charge in [-0.25, -0.2) is 0 Å². The van der Waals surface area contributed by atoms with Gasteiger partial charge in [-0.15, -0.1) is 0 Å². The fourth-order valence-corrected chi connectivity index (χ4v) is 4.25. The van der Waals surface area contributed by atoms with Gasteiger partial charge >= 0.3 is 0 Å². The van der Waals surface area contributed by atoms with Gasteiger partial charge in [0.15, 0.2) is 0 Å². The molecule has 0 aromatic heterocycles. The number of nitrogens with zero attached hydrogens (tertiary/aromatic N) is 2. The van der Waals surface area contributed by atoms with Crippen LogP contribution in [0.1, 0.15) is 36.2 Å². The Morgan fingerprint density at radius 3 is 2.45 bits per heavy atom. The number of carbonyl (C=O) groups excluding carboxylic acids is 3. The van der Waals surface area contributed by atoms with Crippen LogP contribution in [-0.4, -0.2) is 41.8 Å². The maximum absolute atomic E-state index is 13.5. The summed E-state index contributed by atoms with van der Waals surface area (Å²) in [5.41, 5.74) is 2.16. The second kappa shape index (κ2) is 9.63. The number of rotatable bonds is 8. The Hall–Kier alpha value is -3.38. The van der Waals surface area contributed by atoms with E-state index >= 15 is 0 Å². The third kappa shape index (κ3) is 4.57. The Kier molecular flexibility index (Phi) is 6.65. The zero-order chi connectivity index (χ0) is 23.5. The van der Waals surface area contributed by atoms with E-state index in [2.05, 4.69) is 5.32 Å². The Bertz CT molecular complexity index is 1200. The SMILES string of the molecule is CCCNC(=O)[C@H](C)N(Cc1ccc(Cl)cc1)C(=O)CN1C(=O)c2cccc3cccc1c23. The van der Waals surface area contributed by atoms with Crippen LogP contribution >= 0.6 is 11.6 Å². The molecule has 1 aliphatic heterocycles. The van der Waals surface area contributed by atoms with Gasteiger partial charge in [-0.05, 0) is 48.6 Å². The summed E-state index contributed by atoms with van der Waals surface area (Å²) in [6.07, 6.45) is 0.800. The highest BCUT2D eigenvalue weighted by Gasteiger charge is 2.34. The molecule has 0 bridgehead atoms. The number of carbonyl (C=O) groups is 3. The molecule has 7 heteroatoms. The number of halogens is 1. The second-order valence-electron chi connectivity index (χ2n) is 8.19. The summed E-state index contributed by atoms with van der Waals surface area (Å²) >= 11 is 6.00. The highest BCUT2D eigenvalue weighted by atomic mass is 35.5. The lowest BCUT2D eigenvalue weighted by Crippen LogP contribution is -2.51. The third-order valence-electron chi connectivity index (χ3n) is 5.93. The molecule has 4 rings (SSSR count). The van der Waals surface area contributed by atoms with E-state index in [9.17, 15) is 14.4 Å². The number of anilines is 1. The summed E-state index contributed by atoms with van der Waals surface area (Å²) in [6, 6.07) is 17.7. The molecule has 0 spiro atoms. The van der Waals surface area contributed by atoms with Crippen molar-refractivity contribution in [2.75, 3.05) is 18.0 Å². The van der Waals surface area contributed by atoms with Gasteiger partial charge in [-0.2, -0.15) is 0 Å². The van der Waals surface area contributed by atoms with Gasteiger partial charge in [0.2, 0.25) is 11.8 Å². The van der Waals surface area contributed by atoms with Crippen molar-refractivity contribution in [3.63, 3.8) is 0 Å². The van der Waals surface area contributed by atoms with Gasteiger partial charge in [-0.3, -0.25) is 19.3 Å². The lowest BCUT2D eigenvalue weighted by molar-refractivity contribution is -0.139. The first-order chi connectivity index (χ1) is 15.9. The zero-order valence-corrected chi connectivity index (χ0v) is 19.4. The summed E-state index contributed by atoms with van der Waals surface area (Å²) in [7, 11) is 0. The standard InChI is InChI=1S/C26H26ClN3O3/c1-3-14-28-25(32)17(2)29(15-18-10-12-20(27)13-11-18)23(31)16-30-22-9-5-7-19-6-4-8-21(24(19)22)26(30)33/h4-13,17H,3,14-16H2,1-2H3,(H,28,32)/t17-/m0/s1. The molecule has 0 aliphatic carbocycles. The number of hydrogen-bond acceptors (Lipinski definition) is 3. The van der Waals surface area contributed by atoms with Crippen molar-refractivity contribution in [2.45, 2.75) is 32.9 Å². The minimum absolute atomic E-state index is 0.147. The topological polar surface area (TPSA) is 69.7 Å². The molecule has 3 amide bonds. The predicted octanol–water partition coefficient (Wildman–Crippen LogP) is 4.40. The molecule has 1 N–H and O–H groups in total. The van der Waals surface area contributed by atoms with Gasteiger partial charge in [0.1, 0.15) is 12.6 Å². The molecule has 1 atom stereocenters. The molecule has 6 nitrogen and oxygen atoms in total. The molecular weight excluding hydrogens is 438 g/mol. The molecule has 1 aliphatic rings. The second-order valence-corrected chi connectivity index (χ2v) is 8.62. The minimum Gasteiger partial charge on any atom is -0.354 e. The first-order valence-electron chi connectivity index (χ1n) is 11.1. The largest absolute Gasteiger partial charge is 0.354 e. The van der Waals surface area contributed by atoms with Crippen molar-refractivity contribution in [1.82, 2.24) is 10.2 Å². The van der Waals surface area contributed by atoms with Crippen LogP contribution in [0.25, 0.3) is 10.8 Å². The van der Waals surface area contributed by atoms with E-state index in [1.807, 2.05) is 49.4 Å². The molecule has 170 valence electrons. The van der Waals surface area contributed by atoms with E-state index in [0.29, 0.717) is 17.1 Å². The van der Waals surface area contributed by atoms with Crippen LogP contribution in [0, 0.1) is 0 Å². The van der Waals surface area contributed by atoms with Crippen LogP contribution in [0.5, 0.6) is 0 Å². The molecule has 3 aromatic carbocycles. The van der Waals surface area contributed by atoms with Crippen LogP contribution in [0.15, 0.2) is 60.7 Å². The highest BCUT2D eigenvalue weighted by molar-refractivity contribution is 6.30. The average Bonchev–Trinajstić information content (AvgIpc) is 3.09. The van der Waals surface area contributed by atoms with Crippen molar-refractivity contribution >= 4 is 45.8 Å². The van der Waals surface area contributed by atoms with Crippen LogP contribution in [0.2, 0.25) is 5.02 Å². The summed E-state index contributed by atoms with van der Waals surface area (Å²) < 4.78 is 0. The van der Waals surface area contributed by atoms with E-state index in [4.69, 9.17) is 11.6 Å². The summed E-state index contributed by atoms with van der Waals surface area (Å²) in [5, 5.41) is 5.27. The Morgan fingerprint density at radius 1 is 1.06 bits per heavy atom. The molecular formula is C26H26ClN3O3. The van der Waals surface area contributed by atoms with Crippen molar-refractivity contribution in [1.29, 1.82) is 0 Å². The number of benzene rings is 3. The highest BCUT2D eigenvalue weighted by Crippen LogP contribution is 2.37. The van der Waals surface area contributed by atoms with Gasteiger partial charge in [0.25, 0.3) is 5.91 Å². The predicted molar refractivity (Wildman–Crippen MR) is 130 cm³/mol. The maximum atomic E-state index is 13.5. The van der Waals surface area contributed by atoms with Crippen LogP contribution < -0.4 is 10.2 Å². The van der Waals surface area contributed by atoms with E-state index in [1.165, 1.54) is 9.80 Å². The Labute approximate surface area is 198 Å². The number of amides is 3. The zero-order valence-electron chi connectivity index (χ0n) is 18.7. The number of hydrogen-bond donors (Lipinski definition) is 1. The smallest absolute Gasteiger partial charge is 0.259 e. The van der Waals surface area contributed by atoms with E-state index in [1.54, 1.807) is 25.1 Å². The molecule has 3 aromatic rings. The first-order valence-corrected chi connectivity index (χ1v) is 11.4. The maximum Gasteiger partial charge on any atom is 0.259 e. The third-order valence-corrected chi connectivity index (χ3v) is 6.18. The fraction of sp³-hybridized carbons (Fsp3) is 0.269. The molecule has 33 heavy (non-hydrogen) atoms. The quantitative estimate of drug-likeness (QED) is 0.538. The van der Waals surface area contributed by atoms with Crippen LogP contribution in [0.4, 0.5) is 5.69 Å². The minimum atomic E-state index is -0.699. The van der Waals surface area contributed by atoms with Gasteiger partial charge in [0.05, 0.1) is 5.69 Å². The van der Waals surface area contributed by atoms with Crippen molar-refractivity contribution in [2.24, 2.45) is 0 Å². The monoisotopic (exact) mass is 463 g/mol. The molecule has 0 saturated carbocycles. The van der Waals surface area contributed by atoms with Gasteiger partial charge in [0, 0.05) is 29.1 Å². The van der Waals surface area contributed by atoms with E-state index in [0.717, 1.165) is 28.4 Å². The van der Waals surface area contributed by atoms with Crippen molar-refractivity contribution < 1.29 is 14.4 Å². The van der Waals surface area contributed by atoms with E-state index < -0.39 is 6.04 Å². The Morgan fingerprint density at radius 2 is 1.76 bits per heavy atom. The summed E-state index contributed by atoms with van der Waals surface area (Å²) in [6.45, 7) is 4.30. The molecule has 1 heterocycles. The number of nitrogens with one attached hydrogen (secondary N) is 1. The molecule has 0 radical (unpaired) electrons. The van der Waals surface area contributed by atoms with Crippen molar-refractivity contribution in [3.8, 4) is 0 Å². The lowest BCUT2D eigenvalue weighted by atomic mass is 10.1. The fourth-order valence-electron chi connectivity index (χ4n) is 4.13. The Balaban J connectivity index is 1.61. The van der Waals surface area contributed by atoms with Gasteiger partial charge in [-0.1, -0.05) is 54.9 Å². The lowest BCUT2D eigenvalue weighted by Gasteiger charge is -2.30. The van der Waals surface area contributed by atoms with Gasteiger partial charge < -0.3 is 10.2 Å². The average molecular weight is 464 g/mol. The molecule has 0 saturated heterocycles. The van der Waals surface area contributed by atoms with Crippen LogP contribution in [-0.2, 0) is 16.1 Å². The van der Waals surface area contributed by atoms with Crippen LogP contribution in [0.3, 0.4) is 0 Å². The van der Waals surface area contributed by atoms with Crippen molar-refractivity contribution in [3.05, 3.63) is 76.8 Å². The summed E-state index contributed by atoms with van der Waals surface area (Å²) in [4.78, 5) is 42.4. The first kappa shape index (κ1) is 22.8. The van der Waals surface area contributed by atoms with E-state index in [-0.39, 0.29) is 30.8 Å².